The SMILES string of the molecule is CC(C)NC(=O)N[C@@H](CN)C(=O)Nc1ccc(N2CCOCC2=O)cc1. The van der Waals surface area contributed by atoms with Crippen molar-refractivity contribution in [3.8, 4) is 0 Å². The standard InChI is InChI=1S/C17H25N5O4/c1-11(2)19-17(25)21-14(9-18)16(24)20-12-3-5-13(6-4-12)22-7-8-26-10-15(22)23/h3-6,11,14H,7-10,18H2,1-2H3,(H,20,24)(H2,19,21,25)/t14-/m0/s1. The van der Waals surface area contributed by atoms with Gasteiger partial charge in [0, 0.05) is 30.5 Å². The van der Waals surface area contributed by atoms with Gasteiger partial charge in [0.05, 0.1) is 6.61 Å². The predicted octanol–water partition coefficient (Wildman–Crippen LogP) is 0.0232. The van der Waals surface area contributed by atoms with Gasteiger partial charge >= 0.3 is 6.03 Å². The summed E-state index contributed by atoms with van der Waals surface area (Å²) in [6.45, 7) is 4.66. The van der Waals surface area contributed by atoms with Gasteiger partial charge in [-0.05, 0) is 38.1 Å². The van der Waals surface area contributed by atoms with Crippen LogP contribution >= 0.6 is 0 Å². The molecule has 0 radical (unpaired) electrons. The minimum atomic E-state index is -0.853. The summed E-state index contributed by atoms with van der Waals surface area (Å²) in [5.74, 6) is -0.516. The molecule has 1 fully saturated rings. The van der Waals surface area contributed by atoms with Crippen LogP contribution in [0.25, 0.3) is 0 Å². The molecular weight excluding hydrogens is 338 g/mol. The molecule has 4 amide bonds. The van der Waals surface area contributed by atoms with Gasteiger partial charge in [-0.1, -0.05) is 0 Å². The highest BCUT2D eigenvalue weighted by Crippen LogP contribution is 2.19. The number of nitrogens with one attached hydrogen (secondary N) is 3. The number of urea groups is 1. The van der Waals surface area contributed by atoms with Crippen molar-refractivity contribution in [2.75, 3.05) is 36.5 Å². The minimum Gasteiger partial charge on any atom is -0.370 e. The van der Waals surface area contributed by atoms with E-state index in [4.69, 9.17) is 10.5 Å². The molecule has 1 aliphatic rings. The number of carbonyl (C=O) groups excluding carboxylic acids is 3. The summed E-state index contributed by atoms with van der Waals surface area (Å²) in [6, 6.07) is 5.52. The van der Waals surface area contributed by atoms with E-state index < -0.39 is 18.0 Å². The van der Waals surface area contributed by atoms with E-state index in [9.17, 15) is 14.4 Å². The molecule has 1 aliphatic heterocycles. The van der Waals surface area contributed by atoms with Crippen molar-refractivity contribution < 1.29 is 19.1 Å². The number of carbonyl (C=O) groups is 3. The van der Waals surface area contributed by atoms with Crippen molar-refractivity contribution in [2.45, 2.75) is 25.9 Å². The van der Waals surface area contributed by atoms with Crippen molar-refractivity contribution >= 4 is 29.2 Å². The van der Waals surface area contributed by atoms with Crippen LogP contribution < -0.4 is 26.6 Å². The van der Waals surface area contributed by atoms with Gasteiger partial charge in [-0.3, -0.25) is 9.59 Å². The third-order valence-corrected chi connectivity index (χ3v) is 3.71. The van der Waals surface area contributed by atoms with Crippen molar-refractivity contribution in [1.29, 1.82) is 0 Å². The minimum absolute atomic E-state index is 0.0300. The number of rotatable bonds is 6. The van der Waals surface area contributed by atoms with E-state index in [0.717, 1.165) is 5.69 Å². The molecule has 0 saturated carbocycles. The average Bonchev–Trinajstić information content (AvgIpc) is 2.60. The number of benzene rings is 1. The fourth-order valence-electron chi connectivity index (χ4n) is 2.44. The van der Waals surface area contributed by atoms with Gasteiger partial charge in [-0.25, -0.2) is 4.79 Å². The second-order valence-electron chi connectivity index (χ2n) is 6.19. The van der Waals surface area contributed by atoms with Gasteiger partial charge in [-0.15, -0.1) is 0 Å². The van der Waals surface area contributed by atoms with E-state index in [1.807, 2.05) is 13.8 Å². The average molecular weight is 363 g/mol. The Morgan fingerprint density at radius 1 is 1.23 bits per heavy atom. The molecule has 9 heteroatoms. The summed E-state index contributed by atoms with van der Waals surface area (Å²) in [5.41, 5.74) is 6.87. The Balaban J connectivity index is 1.95. The molecule has 5 N–H and O–H groups in total. The number of morpholine rings is 1. The first-order chi connectivity index (χ1) is 12.4. The Labute approximate surface area is 152 Å². The Morgan fingerprint density at radius 2 is 1.92 bits per heavy atom. The first-order valence-electron chi connectivity index (χ1n) is 8.47. The largest absolute Gasteiger partial charge is 0.370 e. The summed E-state index contributed by atoms with van der Waals surface area (Å²) in [7, 11) is 0. The van der Waals surface area contributed by atoms with Crippen LogP contribution in [0, 0.1) is 0 Å². The Bertz CT molecular complexity index is 647. The molecule has 0 spiro atoms. The van der Waals surface area contributed by atoms with Gasteiger partial charge in [0.1, 0.15) is 12.6 Å². The lowest BCUT2D eigenvalue weighted by atomic mass is 10.2. The van der Waals surface area contributed by atoms with Gasteiger partial charge in [-0.2, -0.15) is 0 Å². The second-order valence-corrected chi connectivity index (χ2v) is 6.19. The molecule has 0 aliphatic carbocycles. The predicted molar refractivity (Wildman–Crippen MR) is 97.9 cm³/mol. The van der Waals surface area contributed by atoms with Crippen molar-refractivity contribution in [3.05, 3.63) is 24.3 Å². The molecule has 26 heavy (non-hydrogen) atoms. The number of ether oxygens (including phenoxy) is 1. The molecule has 2 rings (SSSR count). The van der Waals surface area contributed by atoms with Crippen LogP contribution in [-0.4, -0.2) is 56.2 Å². The first kappa shape index (κ1) is 19.7. The van der Waals surface area contributed by atoms with E-state index in [-0.39, 0.29) is 25.1 Å². The smallest absolute Gasteiger partial charge is 0.315 e. The van der Waals surface area contributed by atoms with Crippen LogP contribution in [0.3, 0.4) is 0 Å². The van der Waals surface area contributed by atoms with Crippen LogP contribution in [0.4, 0.5) is 16.2 Å². The maximum atomic E-state index is 12.3. The molecular formula is C17H25N5O4. The van der Waals surface area contributed by atoms with E-state index in [1.165, 1.54) is 0 Å². The van der Waals surface area contributed by atoms with Gasteiger partial charge < -0.3 is 31.3 Å². The fourth-order valence-corrected chi connectivity index (χ4v) is 2.44. The molecule has 0 unspecified atom stereocenters. The zero-order valence-electron chi connectivity index (χ0n) is 15.0. The first-order valence-corrected chi connectivity index (χ1v) is 8.47. The van der Waals surface area contributed by atoms with Crippen LogP contribution in [0.1, 0.15) is 13.8 Å². The van der Waals surface area contributed by atoms with Crippen molar-refractivity contribution in [3.63, 3.8) is 0 Å². The van der Waals surface area contributed by atoms with E-state index in [1.54, 1.807) is 29.2 Å². The lowest BCUT2D eigenvalue weighted by Gasteiger charge is -2.27. The number of hydrogen-bond acceptors (Lipinski definition) is 5. The topological polar surface area (TPSA) is 126 Å². The van der Waals surface area contributed by atoms with Crippen LogP contribution in [0.2, 0.25) is 0 Å². The summed E-state index contributed by atoms with van der Waals surface area (Å²) in [6.07, 6.45) is 0. The molecule has 1 aromatic rings. The maximum absolute atomic E-state index is 12.3. The summed E-state index contributed by atoms with van der Waals surface area (Å²) in [5, 5.41) is 7.88. The Kier molecular flexibility index (Phi) is 6.93. The zero-order chi connectivity index (χ0) is 19.1. The van der Waals surface area contributed by atoms with Crippen molar-refractivity contribution in [2.24, 2.45) is 5.73 Å². The second kappa shape index (κ2) is 9.16. The quantitative estimate of drug-likeness (QED) is 0.567. The number of anilines is 2. The summed E-state index contributed by atoms with van der Waals surface area (Å²) in [4.78, 5) is 37.5. The molecule has 1 heterocycles. The zero-order valence-corrected chi connectivity index (χ0v) is 15.0. The molecule has 0 aromatic heterocycles. The lowest BCUT2D eigenvalue weighted by Crippen LogP contribution is -2.52. The third kappa shape index (κ3) is 5.43. The highest BCUT2D eigenvalue weighted by atomic mass is 16.5. The van der Waals surface area contributed by atoms with Crippen LogP contribution in [-0.2, 0) is 14.3 Å². The van der Waals surface area contributed by atoms with E-state index in [0.29, 0.717) is 18.8 Å². The molecule has 1 aromatic carbocycles. The number of nitrogens with zero attached hydrogens (tertiary/aromatic N) is 1. The van der Waals surface area contributed by atoms with Gasteiger partial charge in [0.15, 0.2) is 0 Å². The van der Waals surface area contributed by atoms with Gasteiger partial charge in [0.25, 0.3) is 5.91 Å². The monoisotopic (exact) mass is 363 g/mol. The number of nitrogens with two attached hydrogens (primary N) is 1. The van der Waals surface area contributed by atoms with Gasteiger partial charge in [0.2, 0.25) is 5.91 Å². The molecule has 142 valence electrons. The summed E-state index contributed by atoms with van der Waals surface area (Å²) >= 11 is 0. The lowest BCUT2D eigenvalue weighted by molar-refractivity contribution is -0.125. The van der Waals surface area contributed by atoms with E-state index in [2.05, 4.69) is 16.0 Å². The molecule has 0 bridgehead atoms. The molecule has 9 nitrogen and oxygen atoms in total. The van der Waals surface area contributed by atoms with E-state index >= 15 is 0 Å². The fraction of sp³-hybridized carbons (Fsp3) is 0.471. The van der Waals surface area contributed by atoms with Crippen molar-refractivity contribution in [1.82, 2.24) is 10.6 Å². The highest BCUT2D eigenvalue weighted by molar-refractivity contribution is 5.98. The Morgan fingerprint density at radius 3 is 2.50 bits per heavy atom. The molecule has 1 atom stereocenters. The van der Waals surface area contributed by atoms with Crippen LogP contribution in [0.5, 0.6) is 0 Å². The third-order valence-electron chi connectivity index (χ3n) is 3.71. The Hall–Kier alpha value is -2.65. The molecule has 1 saturated heterocycles. The summed E-state index contributed by atoms with van der Waals surface area (Å²) < 4.78 is 5.10. The highest BCUT2D eigenvalue weighted by Gasteiger charge is 2.21. The number of hydrogen-bond donors (Lipinski definition) is 4. The maximum Gasteiger partial charge on any atom is 0.315 e. The van der Waals surface area contributed by atoms with Crippen LogP contribution in [0.15, 0.2) is 24.3 Å². The normalized spacial score (nSPS) is 15.5. The number of amides is 4.